The van der Waals surface area contributed by atoms with Gasteiger partial charge in [-0.2, -0.15) is 8.78 Å². The summed E-state index contributed by atoms with van der Waals surface area (Å²) in [5.41, 5.74) is 1.50. The zero-order chi connectivity index (χ0) is 21.8. The molecule has 1 heterocycles. The van der Waals surface area contributed by atoms with E-state index in [2.05, 4.69) is 6.58 Å². The second kappa shape index (κ2) is 9.56. The van der Waals surface area contributed by atoms with Gasteiger partial charge < -0.3 is 14.2 Å². The summed E-state index contributed by atoms with van der Waals surface area (Å²) in [7, 11) is 0. The summed E-state index contributed by atoms with van der Waals surface area (Å²) in [4.78, 5) is 0. The van der Waals surface area contributed by atoms with Crippen molar-refractivity contribution in [2.24, 2.45) is 5.92 Å². The standard InChI is InChI=1S/C24H27F3O3/c1-5-15(4)29-13-14(3)7-8-16-9-10-17-11-18-12-19(28-6-2)21(26)22(27)24(18)30-23(17)20(16)25/h5,9-10,12,14-15H,1,6-8,11,13H2,2-4H3. The number of fused-ring (bicyclic) bond motifs is 2. The zero-order valence-electron chi connectivity index (χ0n) is 17.6. The third-order valence-corrected chi connectivity index (χ3v) is 5.23. The maximum atomic E-state index is 15.1. The first-order valence-electron chi connectivity index (χ1n) is 10.2. The molecule has 2 atom stereocenters. The lowest BCUT2D eigenvalue weighted by atomic mass is 9.95. The molecule has 0 spiro atoms. The molecule has 0 saturated heterocycles. The summed E-state index contributed by atoms with van der Waals surface area (Å²) in [6.07, 6.45) is 3.15. The van der Waals surface area contributed by atoms with E-state index >= 15 is 4.39 Å². The Kier molecular flexibility index (Phi) is 7.08. The molecule has 6 heteroatoms. The fraction of sp³-hybridized carbons (Fsp3) is 0.417. The van der Waals surface area contributed by atoms with E-state index in [4.69, 9.17) is 14.2 Å². The average Bonchev–Trinajstić information content (AvgIpc) is 2.74. The van der Waals surface area contributed by atoms with Gasteiger partial charge in [0.05, 0.1) is 12.7 Å². The Morgan fingerprint density at radius 2 is 1.83 bits per heavy atom. The Labute approximate surface area is 175 Å². The Balaban J connectivity index is 1.76. The zero-order valence-corrected chi connectivity index (χ0v) is 17.6. The van der Waals surface area contributed by atoms with Crippen molar-refractivity contribution in [2.45, 2.75) is 46.1 Å². The van der Waals surface area contributed by atoms with Gasteiger partial charge in [-0.25, -0.2) is 4.39 Å². The van der Waals surface area contributed by atoms with Crippen molar-refractivity contribution >= 4 is 0 Å². The van der Waals surface area contributed by atoms with Crippen LogP contribution in [-0.4, -0.2) is 19.3 Å². The third-order valence-electron chi connectivity index (χ3n) is 5.23. The molecule has 2 unspecified atom stereocenters. The lowest BCUT2D eigenvalue weighted by Gasteiger charge is -2.23. The molecule has 1 aliphatic heterocycles. The minimum Gasteiger partial charge on any atom is -0.491 e. The summed E-state index contributed by atoms with van der Waals surface area (Å²) in [6.45, 7) is 10.1. The molecule has 0 aliphatic carbocycles. The van der Waals surface area contributed by atoms with Crippen molar-refractivity contribution in [1.29, 1.82) is 0 Å². The van der Waals surface area contributed by atoms with Gasteiger partial charge in [0.2, 0.25) is 11.6 Å². The Morgan fingerprint density at radius 1 is 1.10 bits per heavy atom. The highest BCUT2D eigenvalue weighted by molar-refractivity contribution is 5.54. The summed E-state index contributed by atoms with van der Waals surface area (Å²) >= 11 is 0. The topological polar surface area (TPSA) is 27.7 Å². The monoisotopic (exact) mass is 420 g/mol. The van der Waals surface area contributed by atoms with E-state index in [-0.39, 0.29) is 42.3 Å². The molecule has 3 nitrogen and oxygen atoms in total. The van der Waals surface area contributed by atoms with Crippen molar-refractivity contribution in [3.8, 4) is 17.2 Å². The van der Waals surface area contributed by atoms with E-state index in [0.717, 1.165) is 6.42 Å². The molecule has 0 fully saturated rings. The maximum absolute atomic E-state index is 15.1. The van der Waals surface area contributed by atoms with Gasteiger partial charge in [0.25, 0.3) is 0 Å². The number of aryl methyl sites for hydroxylation is 1. The van der Waals surface area contributed by atoms with Crippen LogP contribution >= 0.6 is 0 Å². The Bertz CT molecular complexity index is 927. The van der Waals surface area contributed by atoms with Gasteiger partial charge in [-0.15, -0.1) is 6.58 Å². The van der Waals surface area contributed by atoms with E-state index in [9.17, 15) is 8.78 Å². The highest BCUT2D eigenvalue weighted by atomic mass is 19.2. The number of rotatable bonds is 9. The predicted octanol–water partition coefficient (Wildman–Crippen LogP) is 6.36. The van der Waals surface area contributed by atoms with Gasteiger partial charge in [-0.1, -0.05) is 25.1 Å². The molecule has 0 amide bonds. The SMILES string of the molecule is C=CC(C)OCC(C)CCc1ccc2c(c1F)Oc1c(cc(OCC)c(F)c1F)C2. The van der Waals surface area contributed by atoms with E-state index in [1.807, 2.05) is 13.8 Å². The molecular weight excluding hydrogens is 393 g/mol. The quantitative estimate of drug-likeness (QED) is 0.377. The molecule has 2 aromatic rings. The van der Waals surface area contributed by atoms with Gasteiger partial charge in [-0.05, 0) is 44.2 Å². The van der Waals surface area contributed by atoms with Crippen LogP contribution in [0.4, 0.5) is 13.2 Å². The summed E-state index contributed by atoms with van der Waals surface area (Å²) in [5.74, 6) is -3.06. The molecule has 2 aromatic carbocycles. The highest BCUT2D eigenvalue weighted by Crippen LogP contribution is 2.43. The summed E-state index contributed by atoms with van der Waals surface area (Å²) < 4.78 is 60.1. The smallest absolute Gasteiger partial charge is 0.205 e. The molecule has 3 rings (SSSR count). The van der Waals surface area contributed by atoms with Crippen LogP contribution in [0.5, 0.6) is 17.2 Å². The minimum absolute atomic E-state index is 0.0278. The highest BCUT2D eigenvalue weighted by Gasteiger charge is 2.28. The molecule has 0 aromatic heterocycles. The molecule has 0 saturated carbocycles. The first-order valence-corrected chi connectivity index (χ1v) is 10.2. The lowest BCUT2D eigenvalue weighted by molar-refractivity contribution is 0.0699. The number of hydrogen-bond donors (Lipinski definition) is 0. The Morgan fingerprint density at radius 3 is 2.53 bits per heavy atom. The summed E-state index contributed by atoms with van der Waals surface area (Å²) in [5, 5.41) is 0. The van der Waals surface area contributed by atoms with Crippen LogP contribution in [0, 0.1) is 23.4 Å². The number of halogens is 3. The molecule has 1 aliphatic rings. The van der Waals surface area contributed by atoms with E-state index in [0.29, 0.717) is 29.7 Å². The minimum atomic E-state index is -1.16. The molecule has 0 bridgehead atoms. The first kappa shape index (κ1) is 22.2. The van der Waals surface area contributed by atoms with Crippen LogP contribution < -0.4 is 9.47 Å². The second-order valence-corrected chi connectivity index (χ2v) is 7.65. The number of hydrogen-bond acceptors (Lipinski definition) is 3. The van der Waals surface area contributed by atoms with E-state index < -0.39 is 17.5 Å². The molecule has 162 valence electrons. The van der Waals surface area contributed by atoms with Gasteiger partial charge in [0, 0.05) is 24.2 Å². The molecule has 0 N–H and O–H groups in total. The normalized spacial score (nSPS) is 14.3. The molecule has 0 radical (unpaired) electrons. The van der Waals surface area contributed by atoms with Crippen LogP contribution in [0.15, 0.2) is 30.9 Å². The van der Waals surface area contributed by atoms with Crippen LogP contribution in [-0.2, 0) is 17.6 Å². The summed E-state index contributed by atoms with van der Waals surface area (Å²) in [6, 6.07) is 4.92. The number of benzene rings is 2. The van der Waals surface area contributed by atoms with Crippen LogP contribution in [0.1, 0.15) is 43.9 Å². The lowest BCUT2D eigenvalue weighted by Crippen LogP contribution is -2.13. The van der Waals surface area contributed by atoms with Gasteiger partial charge in [0.1, 0.15) is 0 Å². The largest absolute Gasteiger partial charge is 0.491 e. The van der Waals surface area contributed by atoms with Crippen molar-refractivity contribution in [1.82, 2.24) is 0 Å². The predicted molar refractivity (Wildman–Crippen MR) is 110 cm³/mol. The fourth-order valence-electron chi connectivity index (χ4n) is 3.39. The number of ether oxygens (including phenoxy) is 3. The van der Waals surface area contributed by atoms with Crippen molar-refractivity contribution in [3.05, 3.63) is 65.0 Å². The van der Waals surface area contributed by atoms with Crippen molar-refractivity contribution in [3.63, 3.8) is 0 Å². The van der Waals surface area contributed by atoms with E-state index in [1.54, 1.807) is 25.1 Å². The molecule has 30 heavy (non-hydrogen) atoms. The van der Waals surface area contributed by atoms with Crippen LogP contribution in [0.25, 0.3) is 0 Å². The van der Waals surface area contributed by atoms with Crippen LogP contribution in [0.2, 0.25) is 0 Å². The van der Waals surface area contributed by atoms with Gasteiger partial charge in [-0.3, -0.25) is 0 Å². The molecular formula is C24H27F3O3. The average molecular weight is 420 g/mol. The first-order chi connectivity index (χ1) is 14.3. The second-order valence-electron chi connectivity index (χ2n) is 7.65. The fourth-order valence-corrected chi connectivity index (χ4v) is 3.39. The van der Waals surface area contributed by atoms with Gasteiger partial charge in [0.15, 0.2) is 23.1 Å². The maximum Gasteiger partial charge on any atom is 0.205 e. The van der Waals surface area contributed by atoms with Crippen molar-refractivity contribution < 1.29 is 27.4 Å². The third kappa shape index (κ3) is 4.64. The van der Waals surface area contributed by atoms with E-state index in [1.165, 1.54) is 6.07 Å². The Hall–Kier alpha value is -2.47. The van der Waals surface area contributed by atoms with Crippen molar-refractivity contribution in [2.75, 3.05) is 13.2 Å². The van der Waals surface area contributed by atoms with Crippen LogP contribution in [0.3, 0.4) is 0 Å². The van der Waals surface area contributed by atoms with Gasteiger partial charge >= 0.3 is 0 Å².